The molecule has 0 aliphatic heterocycles. The molecule has 29 heavy (non-hydrogen) atoms. The fourth-order valence-electron chi connectivity index (χ4n) is 2.47. The Labute approximate surface area is 166 Å². The number of carboxylic acids is 1. The molecule has 1 N–H and O–H groups in total. The molecule has 0 saturated carbocycles. The molecule has 2 aromatic rings. The van der Waals surface area contributed by atoms with Crippen molar-refractivity contribution in [3.05, 3.63) is 72.3 Å². The summed E-state index contributed by atoms with van der Waals surface area (Å²) < 4.78 is 44.8. The van der Waals surface area contributed by atoms with E-state index in [4.69, 9.17) is 19.0 Å². The van der Waals surface area contributed by atoms with E-state index in [1.165, 1.54) is 12.5 Å². The van der Waals surface area contributed by atoms with E-state index in [0.717, 1.165) is 12.1 Å². The summed E-state index contributed by atoms with van der Waals surface area (Å²) in [5, 5.41) is 8.60. The zero-order valence-electron chi connectivity index (χ0n) is 15.9. The fraction of sp³-hybridized carbons (Fsp3) is 0.238. The molecule has 0 aliphatic rings. The van der Waals surface area contributed by atoms with Crippen LogP contribution in [0, 0.1) is 11.6 Å². The second-order valence-electron chi connectivity index (χ2n) is 5.80. The number of furan rings is 1. The number of halogens is 2. The minimum Gasteiger partial charge on any atom is -0.488 e. The molecule has 0 aliphatic carbocycles. The number of benzene rings is 1. The maximum atomic E-state index is 14.4. The average molecular weight is 405 g/mol. The number of nitrogens with zero attached hydrogens (tertiary/aromatic N) is 1. The first kappa shape index (κ1) is 21.9. The van der Waals surface area contributed by atoms with Crippen molar-refractivity contribution in [2.75, 3.05) is 6.61 Å². The number of hydrogen-bond donors (Lipinski definition) is 1. The van der Waals surface area contributed by atoms with Gasteiger partial charge in [-0.2, -0.15) is 0 Å². The number of ether oxygens (including phenoxy) is 2. The Kier molecular flexibility index (Phi) is 8.14. The molecule has 0 saturated heterocycles. The van der Waals surface area contributed by atoms with Gasteiger partial charge < -0.3 is 19.0 Å². The number of carboxylic acid groups (broad SMARTS) is 1. The molecule has 0 atom stereocenters. The van der Waals surface area contributed by atoms with Gasteiger partial charge in [0.2, 0.25) is 5.90 Å². The number of allylic oxidation sites excluding steroid dienone is 1. The smallest absolute Gasteiger partial charge is 0.303 e. The Morgan fingerprint density at radius 3 is 2.62 bits per heavy atom. The van der Waals surface area contributed by atoms with Crippen LogP contribution in [0.15, 0.2) is 58.8 Å². The lowest BCUT2D eigenvalue weighted by molar-refractivity contribution is -0.137. The van der Waals surface area contributed by atoms with Crippen molar-refractivity contribution in [1.82, 2.24) is 0 Å². The van der Waals surface area contributed by atoms with E-state index in [1.807, 2.05) is 0 Å². The lowest BCUT2D eigenvalue weighted by Gasteiger charge is -2.14. The first-order valence-electron chi connectivity index (χ1n) is 8.80. The molecule has 1 aromatic heterocycles. The van der Waals surface area contributed by atoms with Crippen LogP contribution < -0.4 is 4.74 Å². The monoisotopic (exact) mass is 405 g/mol. The third kappa shape index (κ3) is 6.31. The molecule has 154 valence electrons. The maximum Gasteiger partial charge on any atom is 0.303 e. The van der Waals surface area contributed by atoms with E-state index >= 15 is 0 Å². The quantitative estimate of drug-likeness (QED) is 0.343. The predicted octanol–water partition coefficient (Wildman–Crippen LogP) is 4.96. The summed E-state index contributed by atoms with van der Waals surface area (Å²) in [6.45, 7) is 5.16. The van der Waals surface area contributed by atoms with Crippen LogP contribution >= 0.6 is 0 Å². The molecule has 0 fully saturated rings. The van der Waals surface area contributed by atoms with Crippen molar-refractivity contribution in [3.63, 3.8) is 0 Å². The molecule has 1 aromatic carbocycles. The number of aliphatic imine (C=N–C) groups is 1. The van der Waals surface area contributed by atoms with Crippen molar-refractivity contribution in [1.29, 1.82) is 0 Å². The van der Waals surface area contributed by atoms with Crippen LogP contribution in [0.5, 0.6) is 5.75 Å². The number of hydrogen-bond acceptors (Lipinski definition) is 5. The van der Waals surface area contributed by atoms with Crippen LogP contribution in [0.25, 0.3) is 5.57 Å². The molecule has 0 bridgehead atoms. The van der Waals surface area contributed by atoms with Gasteiger partial charge in [-0.05, 0) is 43.2 Å². The molecule has 0 amide bonds. The van der Waals surface area contributed by atoms with Crippen molar-refractivity contribution in [2.45, 2.75) is 26.4 Å². The average Bonchev–Trinajstić information content (AvgIpc) is 3.19. The number of carbonyl (C=O) groups is 1. The van der Waals surface area contributed by atoms with E-state index < -0.39 is 23.4 Å². The second kappa shape index (κ2) is 10.8. The molecular weight excluding hydrogens is 384 g/mol. The largest absolute Gasteiger partial charge is 0.488 e. The Morgan fingerprint density at radius 2 is 2.07 bits per heavy atom. The highest BCUT2D eigenvalue weighted by atomic mass is 19.1. The standard InChI is InChI=1S/C21H21F2NO5/c1-3-16(21(24-4-2)29-13-15-7-5-9-27-15)14-11-17(22)20(18(23)12-14)28-10-6-8-19(25)26/h3-5,7,9,11-12H,2,6,8,10,13H2,1H3,(H,25,26)/b16-3-,24-21+. The van der Waals surface area contributed by atoms with Crippen molar-refractivity contribution in [2.24, 2.45) is 4.99 Å². The van der Waals surface area contributed by atoms with Crippen LogP contribution in [0.4, 0.5) is 8.78 Å². The fourth-order valence-corrected chi connectivity index (χ4v) is 2.47. The Bertz CT molecular complexity index is 881. The summed E-state index contributed by atoms with van der Waals surface area (Å²) in [6.07, 6.45) is 4.34. The summed E-state index contributed by atoms with van der Waals surface area (Å²) in [5.74, 6) is -2.73. The summed E-state index contributed by atoms with van der Waals surface area (Å²) in [7, 11) is 0. The van der Waals surface area contributed by atoms with Gasteiger partial charge in [0.15, 0.2) is 17.4 Å². The molecule has 8 heteroatoms. The van der Waals surface area contributed by atoms with Gasteiger partial charge in [-0.3, -0.25) is 4.79 Å². The van der Waals surface area contributed by atoms with E-state index in [1.54, 1.807) is 25.1 Å². The third-order valence-electron chi connectivity index (χ3n) is 3.75. The van der Waals surface area contributed by atoms with E-state index in [9.17, 15) is 13.6 Å². The minimum absolute atomic E-state index is 0.0761. The lowest BCUT2D eigenvalue weighted by atomic mass is 10.0. The minimum atomic E-state index is -1.01. The van der Waals surface area contributed by atoms with Gasteiger partial charge in [-0.25, -0.2) is 13.8 Å². The van der Waals surface area contributed by atoms with Crippen LogP contribution in [0.2, 0.25) is 0 Å². The Hall–Kier alpha value is -3.42. The van der Waals surface area contributed by atoms with Gasteiger partial charge in [0, 0.05) is 18.2 Å². The highest BCUT2D eigenvalue weighted by molar-refractivity contribution is 6.19. The van der Waals surface area contributed by atoms with Gasteiger partial charge in [0.1, 0.15) is 12.4 Å². The van der Waals surface area contributed by atoms with Gasteiger partial charge in [-0.1, -0.05) is 12.7 Å². The lowest BCUT2D eigenvalue weighted by Crippen LogP contribution is -2.09. The molecule has 0 radical (unpaired) electrons. The normalized spacial score (nSPS) is 12.0. The Morgan fingerprint density at radius 1 is 1.34 bits per heavy atom. The summed E-state index contributed by atoms with van der Waals surface area (Å²) in [5.41, 5.74) is 0.548. The molecule has 0 spiro atoms. The topological polar surface area (TPSA) is 81.3 Å². The summed E-state index contributed by atoms with van der Waals surface area (Å²) in [6, 6.07) is 5.62. The second-order valence-corrected chi connectivity index (χ2v) is 5.80. The molecule has 2 rings (SSSR count). The van der Waals surface area contributed by atoms with E-state index in [0.29, 0.717) is 11.3 Å². The van der Waals surface area contributed by atoms with Gasteiger partial charge in [0.05, 0.1) is 12.9 Å². The SMILES string of the molecule is C=C/N=C(OCc1ccco1)\C(=C/C)c1cc(F)c(OCCCC(=O)O)c(F)c1. The first-order valence-corrected chi connectivity index (χ1v) is 8.80. The summed E-state index contributed by atoms with van der Waals surface area (Å²) in [4.78, 5) is 14.5. The van der Waals surface area contributed by atoms with Gasteiger partial charge >= 0.3 is 5.97 Å². The van der Waals surface area contributed by atoms with Crippen LogP contribution in [0.3, 0.4) is 0 Å². The molecule has 6 nitrogen and oxygen atoms in total. The first-order chi connectivity index (χ1) is 14.0. The summed E-state index contributed by atoms with van der Waals surface area (Å²) >= 11 is 0. The van der Waals surface area contributed by atoms with Crippen LogP contribution in [0.1, 0.15) is 31.1 Å². The van der Waals surface area contributed by atoms with E-state index in [2.05, 4.69) is 11.6 Å². The maximum absolute atomic E-state index is 14.4. The number of aliphatic carboxylic acids is 1. The third-order valence-corrected chi connectivity index (χ3v) is 3.75. The highest BCUT2D eigenvalue weighted by Crippen LogP contribution is 2.28. The van der Waals surface area contributed by atoms with Crippen molar-refractivity contribution in [3.8, 4) is 5.75 Å². The van der Waals surface area contributed by atoms with Gasteiger partial charge in [-0.15, -0.1) is 0 Å². The molecule has 1 heterocycles. The zero-order valence-corrected chi connectivity index (χ0v) is 15.9. The van der Waals surface area contributed by atoms with Crippen LogP contribution in [-0.2, 0) is 16.1 Å². The van der Waals surface area contributed by atoms with E-state index in [-0.39, 0.29) is 37.5 Å². The Balaban J connectivity index is 2.19. The zero-order chi connectivity index (χ0) is 21.2. The highest BCUT2D eigenvalue weighted by Gasteiger charge is 2.18. The molecule has 0 unspecified atom stereocenters. The van der Waals surface area contributed by atoms with Crippen molar-refractivity contribution < 1.29 is 32.6 Å². The predicted molar refractivity (Wildman–Crippen MR) is 104 cm³/mol. The van der Waals surface area contributed by atoms with Gasteiger partial charge in [0.25, 0.3) is 0 Å². The molecular formula is C21H21F2NO5. The van der Waals surface area contributed by atoms with Crippen LogP contribution in [-0.4, -0.2) is 23.6 Å². The van der Waals surface area contributed by atoms with Crippen molar-refractivity contribution >= 4 is 17.4 Å². The number of rotatable bonds is 10.